The second kappa shape index (κ2) is 10.3. The molecule has 2 aromatic carbocycles. The molecule has 3 rings (SSSR count). The number of carbonyl (C=O) groups excluding carboxylic acids is 1. The average Bonchev–Trinajstić information content (AvgIpc) is 2.74. The molecule has 0 atom stereocenters. The number of hydrogen-bond acceptors (Lipinski definition) is 3. The lowest BCUT2D eigenvalue weighted by atomic mass is 9.95. The van der Waals surface area contributed by atoms with E-state index in [2.05, 4.69) is 17.0 Å². The molecular formula is C23H29ClN2OS. The molecule has 1 aliphatic rings. The maximum Gasteiger partial charge on any atom is 0.253 e. The molecule has 0 radical (unpaired) electrons. The van der Waals surface area contributed by atoms with Gasteiger partial charge >= 0.3 is 0 Å². The number of rotatable bonds is 7. The molecule has 0 aliphatic carbocycles. The van der Waals surface area contributed by atoms with Crippen molar-refractivity contribution < 1.29 is 4.79 Å². The summed E-state index contributed by atoms with van der Waals surface area (Å²) in [5.41, 5.74) is 2.12. The van der Waals surface area contributed by atoms with Gasteiger partial charge in [0.25, 0.3) is 5.91 Å². The summed E-state index contributed by atoms with van der Waals surface area (Å²) in [5.74, 6) is 0.712. The number of nitrogens with zero attached hydrogens (tertiary/aromatic N) is 2. The van der Waals surface area contributed by atoms with Crippen LogP contribution in [0.25, 0.3) is 0 Å². The molecule has 1 saturated heterocycles. The first-order chi connectivity index (χ1) is 13.5. The first kappa shape index (κ1) is 21.2. The number of halogens is 1. The van der Waals surface area contributed by atoms with Crippen molar-refractivity contribution in [1.82, 2.24) is 9.80 Å². The SMILES string of the molecule is CSc1ccc(C(=O)N(C)CC2CCN(CCc3ccc(Cl)cc3)CC2)cc1. The highest BCUT2D eigenvalue weighted by Crippen LogP contribution is 2.20. The first-order valence-electron chi connectivity index (χ1n) is 9.91. The molecule has 0 saturated carbocycles. The molecule has 0 N–H and O–H groups in total. The van der Waals surface area contributed by atoms with Gasteiger partial charge in [-0.2, -0.15) is 0 Å². The fraction of sp³-hybridized carbons (Fsp3) is 0.435. The molecule has 1 amide bonds. The molecule has 5 heteroatoms. The van der Waals surface area contributed by atoms with Crippen molar-refractivity contribution in [2.24, 2.45) is 5.92 Å². The summed E-state index contributed by atoms with van der Waals surface area (Å²) in [6.07, 6.45) is 5.42. The number of amides is 1. The summed E-state index contributed by atoms with van der Waals surface area (Å²) in [6.45, 7) is 4.16. The summed E-state index contributed by atoms with van der Waals surface area (Å²) in [7, 11) is 1.93. The van der Waals surface area contributed by atoms with Crippen LogP contribution in [-0.4, -0.2) is 55.2 Å². The van der Waals surface area contributed by atoms with Gasteiger partial charge in [0.05, 0.1) is 0 Å². The zero-order valence-electron chi connectivity index (χ0n) is 16.7. The molecular weight excluding hydrogens is 388 g/mol. The van der Waals surface area contributed by atoms with Crippen molar-refractivity contribution in [3.63, 3.8) is 0 Å². The van der Waals surface area contributed by atoms with Gasteiger partial charge in [0.15, 0.2) is 0 Å². The number of likely N-dealkylation sites (tertiary alicyclic amines) is 1. The van der Waals surface area contributed by atoms with E-state index in [1.54, 1.807) is 11.8 Å². The van der Waals surface area contributed by atoms with E-state index in [1.807, 2.05) is 54.6 Å². The van der Waals surface area contributed by atoms with E-state index < -0.39 is 0 Å². The van der Waals surface area contributed by atoms with Crippen molar-refractivity contribution >= 4 is 29.3 Å². The Morgan fingerprint density at radius 3 is 2.36 bits per heavy atom. The van der Waals surface area contributed by atoms with Crippen LogP contribution >= 0.6 is 23.4 Å². The van der Waals surface area contributed by atoms with Crippen LogP contribution in [0.4, 0.5) is 0 Å². The summed E-state index contributed by atoms with van der Waals surface area (Å²) in [5, 5.41) is 0.795. The minimum absolute atomic E-state index is 0.123. The van der Waals surface area contributed by atoms with Crippen molar-refractivity contribution in [3.8, 4) is 0 Å². The van der Waals surface area contributed by atoms with Gasteiger partial charge < -0.3 is 9.80 Å². The van der Waals surface area contributed by atoms with Crippen molar-refractivity contribution in [2.75, 3.05) is 39.5 Å². The third kappa shape index (κ3) is 6.00. The lowest BCUT2D eigenvalue weighted by Crippen LogP contribution is -2.40. The Labute approximate surface area is 178 Å². The van der Waals surface area contributed by atoms with E-state index in [9.17, 15) is 4.79 Å². The third-order valence-corrected chi connectivity index (χ3v) is 6.55. The predicted octanol–water partition coefficient (Wildman–Crippen LogP) is 5.09. The monoisotopic (exact) mass is 416 g/mol. The standard InChI is InChI=1S/C23H29ClN2OS/c1-25(23(27)20-5-9-22(28-2)10-6-20)17-19-12-15-26(16-13-19)14-11-18-3-7-21(24)8-4-18/h3-10,19H,11-17H2,1-2H3. The minimum Gasteiger partial charge on any atom is -0.341 e. The predicted molar refractivity (Wildman–Crippen MR) is 120 cm³/mol. The lowest BCUT2D eigenvalue weighted by Gasteiger charge is -2.34. The van der Waals surface area contributed by atoms with Gasteiger partial charge in [0.1, 0.15) is 0 Å². The van der Waals surface area contributed by atoms with Crippen LogP contribution in [0.2, 0.25) is 5.02 Å². The maximum absolute atomic E-state index is 12.7. The van der Waals surface area contributed by atoms with Gasteiger partial charge in [0.2, 0.25) is 0 Å². The average molecular weight is 417 g/mol. The van der Waals surface area contributed by atoms with E-state index in [1.165, 1.54) is 10.5 Å². The van der Waals surface area contributed by atoms with Gasteiger partial charge in [-0.1, -0.05) is 23.7 Å². The molecule has 2 aromatic rings. The van der Waals surface area contributed by atoms with Crippen LogP contribution in [0.3, 0.4) is 0 Å². The van der Waals surface area contributed by atoms with Gasteiger partial charge in [-0.3, -0.25) is 4.79 Å². The largest absolute Gasteiger partial charge is 0.341 e. The Kier molecular flexibility index (Phi) is 7.83. The number of thioether (sulfide) groups is 1. The number of piperidine rings is 1. The molecule has 1 fully saturated rings. The van der Waals surface area contributed by atoms with Gasteiger partial charge in [0, 0.05) is 35.6 Å². The van der Waals surface area contributed by atoms with Gasteiger partial charge in [-0.15, -0.1) is 11.8 Å². The molecule has 150 valence electrons. The highest BCUT2D eigenvalue weighted by Gasteiger charge is 2.22. The van der Waals surface area contributed by atoms with E-state index in [0.29, 0.717) is 5.92 Å². The third-order valence-electron chi connectivity index (χ3n) is 5.55. The Morgan fingerprint density at radius 2 is 1.75 bits per heavy atom. The Morgan fingerprint density at radius 1 is 1.11 bits per heavy atom. The number of carbonyl (C=O) groups is 1. The smallest absolute Gasteiger partial charge is 0.253 e. The summed E-state index contributed by atoms with van der Waals surface area (Å²) in [6, 6.07) is 16.1. The zero-order chi connectivity index (χ0) is 19.9. The molecule has 3 nitrogen and oxygen atoms in total. The number of benzene rings is 2. The second-order valence-electron chi connectivity index (χ2n) is 7.58. The molecule has 1 heterocycles. The minimum atomic E-state index is 0.123. The zero-order valence-corrected chi connectivity index (χ0v) is 18.3. The molecule has 28 heavy (non-hydrogen) atoms. The van der Waals surface area contributed by atoms with Crippen molar-refractivity contribution in [2.45, 2.75) is 24.2 Å². The van der Waals surface area contributed by atoms with Crippen LogP contribution in [-0.2, 0) is 6.42 Å². The quantitative estimate of drug-likeness (QED) is 0.587. The maximum atomic E-state index is 12.7. The van der Waals surface area contributed by atoms with E-state index in [0.717, 1.165) is 56.0 Å². The fourth-order valence-corrected chi connectivity index (χ4v) is 4.29. The summed E-state index contributed by atoms with van der Waals surface area (Å²) < 4.78 is 0. The summed E-state index contributed by atoms with van der Waals surface area (Å²) in [4.78, 5) is 18.3. The Bertz CT molecular complexity index is 755. The number of hydrogen-bond donors (Lipinski definition) is 0. The first-order valence-corrected chi connectivity index (χ1v) is 11.5. The van der Waals surface area contributed by atoms with E-state index >= 15 is 0 Å². The van der Waals surface area contributed by atoms with E-state index in [4.69, 9.17) is 11.6 Å². The molecule has 0 aromatic heterocycles. The second-order valence-corrected chi connectivity index (χ2v) is 8.89. The fourth-order valence-electron chi connectivity index (χ4n) is 3.76. The highest BCUT2D eigenvalue weighted by atomic mass is 35.5. The molecule has 0 bridgehead atoms. The van der Waals surface area contributed by atoms with Gasteiger partial charge in [-0.25, -0.2) is 0 Å². The van der Waals surface area contributed by atoms with Crippen molar-refractivity contribution in [3.05, 3.63) is 64.7 Å². The lowest BCUT2D eigenvalue weighted by molar-refractivity contribution is 0.0740. The van der Waals surface area contributed by atoms with Crippen molar-refractivity contribution in [1.29, 1.82) is 0 Å². The normalized spacial score (nSPS) is 15.5. The van der Waals surface area contributed by atoms with Gasteiger partial charge in [-0.05, 0) is 86.5 Å². The molecule has 0 spiro atoms. The molecule has 0 unspecified atom stereocenters. The van der Waals surface area contributed by atoms with Crippen LogP contribution in [0, 0.1) is 5.92 Å². The van der Waals surface area contributed by atoms with Crippen LogP contribution in [0.1, 0.15) is 28.8 Å². The van der Waals surface area contributed by atoms with Crippen LogP contribution in [0.15, 0.2) is 53.4 Å². The topological polar surface area (TPSA) is 23.6 Å². The van der Waals surface area contributed by atoms with E-state index in [-0.39, 0.29) is 5.91 Å². The molecule has 1 aliphatic heterocycles. The van der Waals surface area contributed by atoms with Crippen LogP contribution < -0.4 is 0 Å². The Hall–Kier alpha value is -1.49. The van der Waals surface area contributed by atoms with Crippen LogP contribution in [0.5, 0.6) is 0 Å². The highest BCUT2D eigenvalue weighted by molar-refractivity contribution is 7.98. The Balaban J connectivity index is 1.41. The summed E-state index contributed by atoms with van der Waals surface area (Å²) >= 11 is 7.65.